The van der Waals surface area contributed by atoms with E-state index in [1.165, 1.54) is 24.6 Å². The van der Waals surface area contributed by atoms with Crippen LogP contribution in [0.2, 0.25) is 0 Å². The first-order valence-electron chi connectivity index (χ1n) is 6.26. The average Bonchev–Trinajstić information content (AvgIpc) is 2.31. The Hall–Kier alpha value is -1.40. The van der Waals surface area contributed by atoms with Crippen LogP contribution < -0.4 is 5.14 Å². The maximum atomic E-state index is 12.2. The molecule has 0 saturated heterocycles. The number of nitrogens with zero attached hydrogens (tertiary/aromatic N) is 1. The van der Waals surface area contributed by atoms with Gasteiger partial charge in [-0.05, 0) is 37.0 Å². The van der Waals surface area contributed by atoms with Gasteiger partial charge < -0.3 is 4.90 Å². The summed E-state index contributed by atoms with van der Waals surface area (Å²) in [4.78, 5) is 13.8. The van der Waals surface area contributed by atoms with Crippen LogP contribution in [0.5, 0.6) is 0 Å². The third-order valence-electron chi connectivity index (χ3n) is 3.51. The van der Waals surface area contributed by atoms with Gasteiger partial charge in [0.1, 0.15) is 0 Å². The maximum Gasteiger partial charge on any atom is 0.253 e. The van der Waals surface area contributed by atoms with E-state index >= 15 is 0 Å². The molecule has 6 heteroatoms. The average molecular weight is 282 g/mol. The Labute approximate surface area is 113 Å². The summed E-state index contributed by atoms with van der Waals surface area (Å²) in [5.41, 5.74) is 0.355. The van der Waals surface area contributed by atoms with Crippen LogP contribution in [0.3, 0.4) is 0 Å². The van der Waals surface area contributed by atoms with Gasteiger partial charge in [0, 0.05) is 19.2 Å². The summed E-state index contributed by atoms with van der Waals surface area (Å²) in [5, 5.41) is 5.06. The van der Waals surface area contributed by atoms with Crippen LogP contribution in [-0.4, -0.2) is 32.8 Å². The molecular formula is C13H18N2O3S. The molecule has 0 unspecified atom stereocenters. The van der Waals surface area contributed by atoms with Gasteiger partial charge in [-0.2, -0.15) is 0 Å². The molecule has 0 bridgehead atoms. The van der Waals surface area contributed by atoms with E-state index in [9.17, 15) is 13.2 Å². The van der Waals surface area contributed by atoms with Crippen molar-refractivity contribution >= 4 is 15.9 Å². The monoisotopic (exact) mass is 282 g/mol. The summed E-state index contributed by atoms with van der Waals surface area (Å²) in [5.74, 6) is 0.410. The number of sulfonamides is 1. The van der Waals surface area contributed by atoms with Crippen molar-refractivity contribution < 1.29 is 13.2 Å². The molecule has 0 radical (unpaired) electrons. The number of benzene rings is 1. The van der Waals surface area contributed by atoms with Gasteiger partial charge in [0.05, 0.1) is 4.90 Å². The Balaban J connectivity index is 2.14. The quantitative estimate of drug-likeness (QED) is 0.901. The minimum absolute atomic E-state index is 0.0320. The number of hydrogen-bond acceptors (Lipinski definition) is 3. The van der Waals surface area contributed by atoms with Gasteiger partial charge in [0.15, 0.2) is 0 Å². The zero-order valence-corrected chi connectivity index (χ0v) is 11.7. The van der Waals surface area contributed by atoms with Crippen molar-refractivity contribution in [2.75, 3.05) is 13.6 Å². The molecule has 2 rings (SSSR count). The van der Waals surface area contributed by atoms with Gasteiger partial charge in [-0.1, -0.05) is 12.5 Å². The Morgan fingerprint density at radius 1 is 1.42 bits per heavy atom. The highest BCUT2D eigenvalue weighted by Gasteiger charge is 2.22. The third kappa shape index (κ3) is 3.33. The van der Waals surface area contributed by atoms with Crippen molar-refractivity contribution in [2.45, 2.75) is 24.2 Å². The number of nitrogens with two attached hydrogens (primary N) is 1. The Kier molecular flexibility index (Phi) is 3.91. The molecule has 1 saturated carbocycles. The van der Waals surface area contributed by atoms with Crippen LogP contribution in [0.15, 0.2) is 29.2 Å². The second-order valence-electron chi connectivity index (χ2n) is 5.06. The van der Waals surface area contributed by atoms with Crippen LogP contribution in [0.25, 0.3) is 0 Å². The molecule has 5 nitrogen and oxygen atoms in total. The fourth-order valence-corrected chi connectivity index (χ4v) is 2.73. The van der Waals surface area contributed by atoms with E-state index in [1.54, 1.807) is 18.0 Å². The normalized spacial score (nSPS) is 15.9. The summed E-state index contributed by atoms with van der Waals surface area (Å²) in [6, 6.07) is 5.85. The van der Waals surface area contributed by atoms with Crippen molar-refractivity contribution in [3.63, 3.8) is 0 Å². The number of hydrogen-bond donors (Lipinski definition) is 1. The first-order chi connectivity index (χ1) is 8.88. The maximum absolute atomic E-state index is 12.2. The lowest BCUT2D eigenvalue weighted by atomic mass is 9.85. The molecule has 0 atom stereocenters. The van der Waals surface area contributed by atoms with E-state index in [-0.39, 0.29) is 10.8 Å². The van der Waals surface area contributed by atoms with Gasteiger partial charge in [-0.3, -0.25) is 4.79 Å². The fourth-order valence-electron chi connectivity index (χ4n) is 2.17. The van der Waals surface area contributed by atoms with Crippen LogP contribution in [0, 0.1) is 5.92 Å². The zero-order valence-electron chi connectivity index (χ0n) is 10.9. The summed E-state index contributed by atoms with van der Waals surface area (Å²) in [6.07, 6.45) is 3.55. The number of primary sulfonamides is 1. The molecule has 1 fully saturated rings. The summed E-state index contributed by atoms with van der Waals surface area (Å²) >= 11 is 0. The highest BCUT2D eigenvalue weighted by atomic mass is 32.2. The first-order valence-corrected chi connectivity index (χ1v) is 7.81. The third-order valence-corrected chi connectivity index (χ3v) is 4.42. The lowest BCUT2D eigenvalue weighted by molar-refractivity contribution is 0.0745. The molecule has 19 heavy (non-hydrogen) atoms. The highest BCUT2D eigenvalue weighted by Crippen LogP contribution is 2.27. The summed E-state index contributed by atoms with van der Waals surface area (Å²) in [6.45, 7) is 0.721. The van der Waals surface area contributed by atoms with E-state index in [0.717, 1.165) is 19.4 Å². The minimum Gasteiger partial charge on any atom is -0.341 e. The highest BCUT2D eigenvalue weighted by molar-refractivity contribution is 7.89. The Morgan fingerprint density at radius 3 is 2.63 bits per heavy atom. The van der Waals surface area contributed by atoms with Crippen molar-refractivity contribution in [3.8, 4) is 0 Å². The fraction of sp³-hybridized carbons (Fsp3) is 0.462. The van der Waals surface area contributed by atoms with Gasteiger partial charge in [0.2, 0.25) is 10.0 Å². The topological polar surface area (TPSA) is 80.5 Å². The first kappa shape index (κ1) is 14.0. The molecule has 104 valence electrons. The lowest BCUT2D eigenvalue weighted by Crippen LogP contribution is -2.34. The number of rotatable bonds is 4. The minimum atomic E-state index is -3.77. The second-order valence-corrected chi connectivity index (χ2v) is 6.62. The van der Waals surface area contributed by atoms with Crippen LogP contribution in [0.4, 0.5) is 0 Å². The molecule has 0 aromatic heterocycles. The van der Waals surface area contributed by atoms with Crippen LogP contribution >= 0.6 is 0 Å². The molecular weight excluding hydrogens is 264 g/mol. The van der Waals surface area contributed by atoms with E-state index in [0.29, 0.717) is 11.5 Å². The molecule has 0 aliphatic heterocycles. The molecule has 1 aliphatic rings. The Bertz CT molecular complexity index is 579. The number of amides is 1. The zero-order chi connectivity index (χ0) is 14.0. The van der Waals surface area contributed by atoms with E-state index in [2.05, 4.69) is 0 Å². The van der Waals surface area contributed by atoms with Crippen molar-refractivity contribution in [3.05, 3.63) is 29.8 Å². The lowest BCUT2D eigenvalue weighted by Gasteiger charge is -2.30. The van der Waals surface area contributed by atoms with Gasteiger partial charge in [-0.15, -0.1) is 0 Å². The predicted molar refractivity (Wildman–Crippen MR) is 72.1 cm³/mol. The molecule has 0 spiro atoms. The van der Waals surface area contributed by atoms with E-state index < -0.39 is 10.0 Å². The largest absolute Gasteiger partial charge is 0.341 e. The number of carbonyl (C=O) groups is 1. The Morgan fingerprint density at radius 2 is 2.11 bits per heavy atom. The number of carbonyl (C=O) groups excluding carboxylic acids is 1. The van der Waals surface area contributed by atoms with E-state index in [1.807, 2.05) is 0 Å². The van der Waals surface area contributed by atoms with Crippen molar-refractivity contribution in [1.82, 2.24) is 4.90 Å². The van der Waals surface area contributed by atoms with Crippen LogP contribution in [-0.2, 0) is 10.0 Å². The van der Waals surface area contributed by atoms with Gasteiger partial charge >= 0.3 is 0 Å². The molecule has 0 heterocycles. The van der Waals surface area contributed by atoms with Gasteiger partial charge in [0.25, 0.3) is 5.91 Å². The van der Waals surface area contributed by atoms with Crippen LogP contribution in [0.1, 0.15) is 29.6 Å². The van der Waals surface area contributed by atoms with E-state index in [4.69, 9.17) is 5.14 Å². The van der Waals surface area contributed by atoms with Crippen molar-refractivity contribution in [1.29, 1.82) is 0 Å². The SMILES string of the molecule is CN(CC1CCC1)C(=O)c1cccc(S(N)(=O)=O)c1. The summed E-state index contributed by atoms with van der Waals surface area (Å²) < 4.78 is 22.5. The van der Waals surface area contributed by atoms with Gasteiger partial charge in [-0.25, -0.2) is 13.6 Å². The molecule has 1 aliphatic carbocycles. The molecule has 2 N–H and O–H groups in total. The van der Waals surface area contributed by atoms with Crippen molar-refractivity contribution in [2.24, 2.45) is 11.1 Å². The standard InChI is InChI=1S/C13H18N2O3S/c1-15(9-10-4-2-5-10)13(16)11-6-3-7-12(8-11)19(14,17)18/h3,6-8,10H,2,4-5,9H2,1H3,(H2,14,17,18). The predicted octanol–water partition coefficient (Wildman–Crippen LogP) is 1.21. The molecule has 1 aromatic rings. The molecule has 1 amide bonds. The summed E-state index contributed by atoms with van der Waals surface area (Å²) in [7, 11) is -2.03. The smallest absolute Gasteiger partial charge is 0.253 e. The second kappa shape index (κ2) is 5.30. The molecule has 1 aromatic carbocycles.